The third kappa shape index (κ3) is 2.92. The van der Waals surface area contributed by atoms with Gasteiger partial charge in [0.2, 0.25) is 5.91 Å². The molecule has 1 amide bonds. The molecule has 1 heterocycles. The Hall–Kier alpha value is -0.610. The zero-order valence-corrected chi connectivity index (χ0v) is 9.37. The predicted molar refractivity (Wildman–Crippen MR) is 57.6 cm³/mol. The molecule has 0 atom stereocenters. The lowest BCUT2D eigenvalue weighted by Crippen LogP contribution is -2.48. The van der Waals surface area contributed by atoms with Crippen LogP contribution in [-0.4, -0.2) is 49.7 Å². The summed E-state index contributed by atoms with van der Waals surface area (Å²) in [5.74, 6) is 1.05. The molecule has 1 aliphatic carbocycles. The van der Waals surface area contributed by atoms with Gasteiger partial charge in [0.05, 0.1) is 19.8 Å². The van der Waals surface area contributed by atoms with Gasteiger partial charge in [-0.15, -0.1) is 0 Å². The Kier molecular flexibility index (Phi) is 3.59. The van der Waals surface area contributed by atoms with Crippen LogP contribution >= 0.6 is 0 Å². The largest absolute Gasteiger partial charge is 0.378 e. The number of rotatable bonds is 3. The lowest BCUT2D eigenvalue weighted by molar-refractivity contribution is -0.134. The van der Waals surface area contributed by atoms with Crippen LogP contribution in [-0.2, 0) is 9.53 Å². The first-order valence-electron chi connectivity index (χ1n) is 5.84. The number of amides is 1. The average Bonchev–Trinajstić information content (AvgIpc) is 2.23. The highest BCUT2D eigenvalue weighted by Gasteiger charge is 2.26. The summed E-state index contributed by atoms with van der Waals surface area (Å²) in [5, 5.41) is 3.31. The summed E-state index contributed by atoms with van der Waals surface area (Å²) in [6, 6.07) is 0.574. The smallest absolute Gasteiger partial charge is 0.236 e. The van der Waals surface area contributed by atoms with Crippen LogP contribution < -0.4 is 5.32 Å². The maximum atomic E-state index is 11.7. The number of hydrogen-bond acceptors (Lipinski definition) is 3. The van der Waals surface area contributed by atoms with Crippen LogP contribution in [0.1, 0.15) is 19.8 Å². The van der Waals surface area contributed by atoms with Gasteiger partial charge in [-0.05, 0) is 18.8 Å². The van der Waals surface area contributed by atoms with E-state index >= 15 is 0 Å². The van der Waals surface area contributed by atoms with Crippen LogP contribution in [0.2, 0.25) is 0 Å². The van der Waals surface area contributed by atoms with Crippen molar-refractivity contribution in [1.29, 1.82) is 0 Å². The van der Waals surface area contributed by atoms with E-state index < -0.39 is 0 Å². The molecule has 4 nitrogen and oxygen atoms in total. The Morgan fingerprint density at radius 2 is 2.07 bits per heavy atom. The topological polar surface area (TPSA) is 41.6 Å². The van der Waals surface area contributed by atoms with Crippen molar-refractivity contribution in [2.45, 2.75) is 25.8 Å². The maximum absolute atomic E-state index is 11.7. The number of carbonyl (C=O) groups is 1. The first-order chi connectivity index (χ1) is 7.25. The zero-order chi connectivity index (χ0) is 10.7. The quantitative estimate of drug-likeness (QED) is 0.728. The number of nitrogens with zero attached hydrogens (tertiary/aromatic N) is 1. The van der Waals surface area contributed by atoms with Gasteiger partial charge in [0, 0.05) is 19.1 Å². The van der Waals surface area contributed by atoms with E-state index in [4.69, 9.17) is 4.74 Å². The molecule has 0 radical (unpaired) electrons. The Morgan fingerprint density at radius 1 is 1.40 bits per heavy atom. The summed E-state index contributed by atoms with van der Waals surface area (Å²) in [4.78, 5) is 13.6. The summed E-state index contributed by atoms with van der Waals surface area (Å²) < 4.78 is 5.21. The molecule has 0 aromatic rings. The minimum atomic E-state index is 0.220. The highest BCUT2D eigenvalue weighted by atomic mass is 16.5. The molecule has 2 aliphatic rings. The fourth-order valence-electron chi connectivity index (χ4n) is 2.23. The molecule has 1 N–H and O–H groups in total. The normalized spacial score (nSPS) is 31.1. The molecule has 2 rings (SSSR count). The summed E-state index contributed by atoms with van der Waals surface area (Å²) in [6.07, 6.45) is 2.44. The van der Waals surface area contributed by atoms with Gasteiger partial charge in [-0.2, -0.15) is 0 Å². The molecule has 2 fully saturated rings. The van der Waals surface area contributed by atoms with Crippen molar-refractivity contribution in [3.63, 3.8) is 0 Å². The van der Waals surface area contributed by atoms with Crippen molar-refractivity contribution in [3.8, 4) is 0 Å². The van der Waals surface area contributed by atoms with E-state index in [2.05, 4.69) is 12.2 Å². The fourth-order valence-corrected chi connectivity index (χ4v) is 2.23. The van der Waals surface area contributed by atoms with Gasteiger partial charge >= 0.3 is 0 Å². The van der Waals surface area contributed by atoms with E-state index in [0.717, 1.165) is 19.0 Å². The predicted octanol–water partition coefficient (Wildman–Crippen LogP) is 0.233. The van der Waals surface area contributed by atoms with Crippen LogP contribution in [0.5, 0.6) is 0 Å². The number of hydrogen-bond donors (Lipinski definition) is 1. The molecule has 4 heteroatoms. The van der Waals surface area contributed by atoms with Crippen molar-refractivity contribution in [2.24, 2.45) is 5.92 Å². The van der Waals surface area contributed by atoms with Gasteiger partial charge in [-0.3, -0.25) is 4.79 Å². The minimum absolute atomic E-state index is 0.220. The monoisotopic (exact) mass is 212 g/mol. The molecule has 1 aliphatic heterocycles. The molecule has 0 spiro atoms. The molecular weight excluding hydrogens is 192 g/mol. The van der Waals surface area contributed by atoms with Gasteiger partial charge in [0.1, 0.15) is 0 Å². The maximum Gasteiger partial charge on any atom is 0.236 e. The molecule has 1 saturated carbocycles. The number of carbonyl (C=O) groups excluding carboxylic acids is 1. The van der Waals surface area contributed by atoms with Crippen molar-refractivity contribution >= 4 is 5.91 Å². The lowest BCUT2D eigenvalue weighted by atomic mass is 9.82. The number of nitrogens with one attached hydrogen (secondary N) is 1. The molecule has 15 heavy (non-hydrogen) atoms. The molecule has 86 valence electrons. The highest BCUT2D eigenvalue weighted by molar-refractivity contribution is 5.78. The zero-order valence-electron chi connectivity index (χ0n) is 9.37. The average molecular weight is 212 g/mol. The second kappa shape index (κ2) is 4.94. The van der Waals surface area contributed by atoms with E-state index in [0.29, 0.717) is 25.8 Å². The van der Waals surface area contributed by atoms with E-state index in [-0.39, 0.29) is 5.91 Å². The van der Waals surface area contributed by atoms with E-state index in [9.17, 15) is 4.79 Å². The molecule has 0 aromatic carbocycles. The Bertz CT molecular complexity index is 221. The molecule has 0 aromatic heterocycles. The fraction of sp³-hybridized carbons (Fsp3) is 0.909. The molecule has 1 saturated heterocycles. The van der Waals surface area contributed by atoms with Crippen LogP contribution in [0.15, 0.2) is 0 Å². The van der Waals surface area contributed by atoms with Crippen LogP contribution in [0.4, 0.5) is 0 Å². The second-order valence-electron chi connectivity index (χ2n) is 4.65. The first kappa shape index (κ1) is 10.9. The first-order valence-corrected chi connectivity index (χ1v) is 5.84. The van der Waals surface area contributed by atoms with Crippen LogP contribution in [0.25, 0.3) is 0 Å². The number of ether oxygens (including phenoxy) is 1. The van der Waals surface area contributed by atoms with E-state index in [1.165, 1.54) is 12.8 Å². The standard InChI is InChI=1S/C11H20N2O2/c1-9-6-10(7-9)12-8-11(14)13-2-4-15-5-3-13/h9-10,12H,2-8H2,1H3. The minimum Gasteiger partial charge on any atom is -0.378 e. The van der Waals surface area contributed by atoms with Crippen LogP contribution in [0.3, 0.4) is 0 Å². The highest BCUT2D eigenvalue weighted by Crippen LogP contribution is 2.25. The van der Waals surface area contributed by atoms with E-state index in [1.54, 1.807) is 0 Å². The summed E-state index contributed by atoms with van der Waals surface area (Å²) >= 11 is 0. The van der Waals surface area contributed by atoms with Crippen molar-refractivity contribution in [3.05, 3.63) is 0 Å². The van der Waals surface area contributed by atoms with Gasteiger partial charge in [-0.1, -0.05) is 6.92 Å². The van der Waals surface area contributed by atoms with Crippen molar-refractivity contribution < 1.29 is 9.53 Å². The summed E-state index contributed by atoms with van der Waals surface area (Å²) in [5.41, 5.74) is 0. The SMILES string of the molecule is CC1CC(NCC(=O)N2CCOCC2)C1. The van der Waals surface area contributed by atoms with Gasteiger partial charge in [0.25, 0.3) is 0 Å². The van der Waals surface area contributed by atoms with Gasteiger partial charge in [0.15, 0.2) is 0 Å². The number of morpholine rings is 1. The second-order valence-corrected chi connectivity index (χ2v) is 4.65. The lowest BCUT2D eigenvalue weighted by Gasteiger charge is -2.34. The van der Waals surface area contributed by atoms with E-state index in [1.807, 2.05) is 4.90 Å². The Morgan fingerprint density at radius 3 is 2.67 bits per heavy atom. The van der Waals surface area contributed by atoms with Gasteiger partial charge < -0.3 is 15.0 Å². The molecule has 0 bridgehead atoms. The summed E-state index contributed by atoms with van der Waals surface area (Å²) in [6.45, 7) is 5.63. The third-order valence-corrected chi connectivity index (χ3v) is 3.28. The Balaban J connectivity index is 1.63. The third-order valence-electron chi connectivity index (χ3n) is 3.28. The molecular formula is C11H20N2O2. The molecule has 0 unspecified atom stereocenters. The van der Waals surface area contributed by atoms with Crippen LogP contribution in [0, 0.1) is 5.92 Å². The van der Waals surface area contributed by atoms with Crippen molar-refractivity contribution in [2.75, 3.05) is 32.8 Å². The Labute approximate surface area is 91.0 Å². The summed E-state index contributed by atoms with van der Waals surface area (Å²) in [7, 11) is 0. The van der Waals surface area contributed by atoms with Gasteiger partial charge in [-0.25, -0.2) is 0 Å². The van der Waals surface area contributed by atoms with Crippen molar-refractivity contribution in [1.82, 2.24) is 10.2 Å².